The Hall–Kier alpha value is -3.01. The van der Waals surface area contributed by atoms with Crippen LogP contribution in [0.2, 0.25) is 5.02 Å². The normalized spacial score (nSPS) is 18.6. The number of halogens is 1. The number of para-hydroxylation sites is 1. The largest absolute Gasteiger partial charge is 0.494 e. The average Bonchev–Trinajstić information content (AvgIpc) is 3.46. The number of methoxy groups -OCH3 is 3. The molecular formula is C22H27ClN6O7S2. The Morgan fingerprint density at radius 3 is 2.26 bits per heavy atom. The Morgan fingerprint density at radius 1 is 1.11 bits per heavy atom. The molecule has 0 bridgehead atoms. The van der Waals surface area contributed by atoms with Crippen molar-refractivity contribution in [3.8, 4) is 17.2 Å². The zero-order valence-electron chi connectivity index (χ0n) is 21.0. The van der Waals surface area contributed by atoms with E-state index in [9.17, 15) is 16.8 Å². The van der Waals surface area contributed by atoms with Crippen LogP contribution in [0.4, 0.5) is 5.95 Å². The molecule has 1 aliphatic rings. The summed E-state index contributed by atoms with van der Waals surface area (Å²) in [6.45, 7) is 1.43. The van der Waals surface area contributed by atoms with E-state index in [-0.39, 0.29) is 34.1 Å². The molecular weight excluding hydrogens is 560 g/mol. The van der Waals surface area contributed by atoms with Gasteiger partial charge in [0.05, 0.1) is 30.7 Å². The van der Waals surface area contributed by atoms with Gasteiger partial charge in [0.15, 0.2) is 15.7 Å². The number of aromatic nitrogens is 5. The highest BCUT2D eigenvalue weighted by Crippen LogP contribution is 2.39. The molecule has 1 aliphatic heterocycles. The molecule has 206 valence electrons. The monoisotopic (exact) mass is 586 g/mol. The summed E-state index contributed by atoms with van der Waals surface area (Å²) >= 11 is 5.86. The SMILES string of the molecule is COc1cccc(OC)c1-n1c(NS(=O)(=O)[C@@H](C)[C@H](OC)c2ncc(Cl)cn2)nnc1[C@H]1CCS(=O)(=O)C1. The molecule has 1 saturated heterocycles. The van der Waals surface area contributed by atoms with Crippen LogP contribution in [0.25, 0.3) is 5.69 Å². The number of hydrogen-bond acceptors (Lipinski definition) is 11. The van der Waals surface area contributed by atoms with Crippen molar-refractivity contribution in [3.05, 3.63) is 47.3 Å². The first-order chi connectivity index (χ1) is 18.0. The minimum atomic E-state index is -4.20. The van der Waals surface area contributed by atoms with Gasteiger partial charge in [-0.3, -0.25) is 9.29 Å². The van der Waals surface area contributed by atoms with Crippen LogP contribution in [-0.2, 0) is 24.6 Å². The zero-order chi connectivity index (χ0) is 27.7. The van der Waals surface area contributed by atoms with Gasteiger partial charge in [-0.25, -0.2) is 26.8 Å². The van der Waals surface area contributed by atoms with Crippen LogP contribution >= 0.6 is 11.6 Å². The Labute approximate surface area is 225 Å². The fourth-order valence-electron chi connectivity index (χ4n) is 4.26. The van der Waals surface area contributed by atoms with Crippen LogP contribution in [-0.4, -0.2) is 79.7 Å². The lowest BCUT2D eigenvalue weighted by molar-refractivity contribution is 0.0950. The second kappa shape index (κ2) is 11.0. The van der Waals surface area contributed by atoms with Crippen LogP contribution in [0.3, 0.4) is 0 Å². The summed E-state index contributed by atoms with van der Waals surface area (Å²) in [7, 11) is -3.24. The molecule has 1 N–H and O–H groups in total. The smallest absolute Gasteiger partial charge is 0.243 e. The predicted molar refractivity (Wildman–Crippen MR) is 139 cm³/mol. The number of ether oxygens (including phenoxy) is 3. The Bertz CT molecular complexity index is 1490. The van der Waals surface area contributed by atoms with Crippen molar-refractivity contribution in [1.29, 1.82) is 0 Å². The van der Waals surface area contributed by atoms with E-state index in [1.165, 1.54) is 45.2 Å². The first-order valence-corrected chi connectivity index (χ1v) is 15.1. The highest BCUT2D eigenvalue weighted by atomic mass is 35.5. The maximum absolute atomic E-state index is 13.6. The van der Waals surface area contributed by atoms with Gasteiger partial charge in [0.1, 0.15) is 34.4 Å². The first kappa shape index (κ1) is 28.0. The molecule has 0 unspecified atom stereocenters. The molecule has 1 aromatic carbocycles. The summed E-state index contributed by atoms with van der Waals surface area (Å²) in [5, 5.41) is 7.41. The molecule has 3 atom stereocenters. The molecule has 2 aromatic heterocycles. The maximum atomic E-state index is 13.6. The van der Waals surface area contributed by atoms with E-state index in [1.807, 2.05) is 0 Å². The average molecular weight is 587 g/mol. The summed E-state index contributed by atoms with van der Waals surface area (Å²) in [5.41, 5.74) is 0.316. The van der Waals surface area contributed by atoms with Gasteiger partial charge < -0.3 is 14.2 Å². The molecule has 0 saturated carbocycles. The Kier molecular flexibility index (Phi) is 8.11. The van der Waals surface area contributed by atoms with Gasteiger partial charge in [-0.1, -0.05) is 17.7 Å². The van der Waals surface area contributed by atoms with Crippen molar-refractivity contribution >= 4 is 37.4 Å². The van der Waals surface area contributed by atoms with E-state index < -0.39 is 37.1 Å². The molecule has 3 heterocycles. The summed E-state index contributed by atoms with van der Waals surface area (Å²) < 4.78 is 72.0. The number of hydrogen-bond donors (Lipinski definition) is 1. The van der Waals surface area contributed by atoms with Crippen molar-refractivity contribution < 1.29 is 31.0 Å². The Morgan fingerprint density at radius 2 is 1.74 bits per heavy atom. The van der Waals surface area contributed by atoms with Gasteiger partial charge in [-0.05, 0) is 25.5 Å². The lowest BCUT2D eigenvalue weighted by Gasteiger charge is -2.23. The minimum Gasteiger partial charge on any atom is -0.494 e. The number of anilines is 1. The van der Waals surface area contributed by atoms with E-state index in [0.717, 1.165) is 0 Å². The number of benzene rings is 1. The summed E-state index contributed by atoms with van der Waals surface area (Å²) in [5.74, 6) is 0.197. The van der Waals surface area contributed by atoms with Gasteiger partial charge in [-0.15, -0.1) is 10.2 Å². The van der Waals surface area contributed by atoms with Gasteiger partial charge in [0, 0.05) is 25.4 Å². The van der Waals surface area contributed by atoms with Crippen molar-refractivity contribution in [2.45, 2.75) is 30.6 Å². The molecule has 0 spiro atoms. The summed E-state index contributed by atoms with van der Waals surface area (Å²) in [4.78, 5) is 8.18. The minimum absolute atomic E-state index is 0.0116. The third-order valence-corrected chi connectivity index (χ3v) is 9.87. The molecule has 0 aliphatic carbocycles. The summed E-state index contributed by atoms with van der Waals surface area (Å²) in [6, 6.07) is 5.02. The zero-order valence-corrected chi connectivity index (χ0v) is 23.4. The van der Waals surface area contributed by atoms with E-state index in [0.29, 0.717) is 23.6 Å². The van der Waals surface area contributed by atoms with Gasteiger partial charge in [0.25, 0.3) is 0 Å². The molecule has 16 heteroatoms. The number of sulfone groups is 1. The van der Waals surface area contributed by atoms with E-state index in [2.05, 4.69) is 24.9 Å². The maximum Gasteiger partial charge on any atom is 0.243 e. The highest BCUT2D eigenvalue weighted by molar-refractivity contribution is 7.93. The number of sulfonamides is 1. The van der Waals surface area contributed by atoms with Crippen molar-refractivity contribution in [2.75, 3.05) is 37.6 Å². The molecule has 0 radical (unpaired) electrons. The van der Waals surface area contributed by atoms with E-state index >= 15 is 0 Å². The van der Waals surface area contributed by atoms with Gasteiger partial charge in [-0.2, -0.15) is 0 Å². The number of nitrogens with one attached hydrogen (secondary N) is 1. The van der Waals surface area contributed by atoms with Crippen LogP contribution in [0.5, 0.6) is 11.5 Å². The van der Waals surface area contributed by atoms with Crippen LogP contribution in [0.15, 0.2) is 30.6 Å². The predicted octanol–water partition coefficient (Wildman–Crippen LogP) is 2.15. The standard InChI is InChI=1S/C22H27ClN6O7S2/c1-13(19(36-4)20-24-10-15(23)11-25-20)38(32,33)28-22-27-26-21(14-8-9-37(30,31)12-14)29(22)18-16(34-2)6-5-7-17(18)35-3/h5-7,10-11,13-14,19H,8-9,12H2,1-4H3,(H,27,28)/t13-,14-,19-/m0/s1. The molecule has 38 heavy (non-hydrogen) atoms. The van der Waals surface area contributed by atoms with E-state index in [1.54, 1.807) is 18.2 Å². The molecule has 0 amide bonds. The van der Waals surface area contributed by atoms with Crippen LogP contribution in [0, 0.1) is 0 Å². The molecule has 13 nitrogen and oxygen atoms in total. The topological polar surface area (TPSA) is 164 Å². The third-order valence-electron chi connectivity index (χ3n) is 6.21. The molecule has 3 aromatic rings. The lowest BCUT2D eigenvalue weighted by Crippen LogP contribution is -2.33. The molecule has 4 rings (SSSR count). The van der Waals surface area contributed by atoms with Crippen LogP contribution in [0.1, 0.15) is 37.0 Å². The van der Waals surface area contributed by atoms with Crippen molar-refractivity contribution in [3.63, 3.8) is 0 Å². The van der Waals surface area contributed by atoms with E-state index in [4.69, 9.17) is 25.8 Å². The second-order valence-electron chi connectivity index (χ2n) is 8.60. The Balaban J connectivity index is 1.80. The number of nitrogens with zero attached hydrogens (tertiary/aromatic N) is 5. The quantitative estimate of drug-likeness (QED) is 0.370. The van der Waals surface area contributed by atoms with Crippen LogP contribution < -0.4 is 14.2 Å². The fourth-order valence-corrected chi connectivity index (χ4v) is 7.22. The first-order valence-electron chi connectivity index (χ1n) is 11.4. The fraction of sp³-hybridized carbons (Fsp3) is 0.455. The van der Waals surface area contributed by atoms with Crippen molar-refractivity contribution in [2.24, 2.45) is 0 Å². The van der Waals surface area contributed by atoms with Gasteiger partial charge >= 0.3 is 0 Å². The number of rotatable bonds is 10. The highest BCUT2D eigenvalue weighted by Gasteiger charge is 2.38. The van der Waals surface area contributed by atoms with Crippen molar-refractivity contribution in [1.82, 2.24) is 24.7 Å². The third kappa shape index (κ3) is 5.55. The molecule has 1 fully saturated rings. The summed E-state index contributed by atoms with van der Waals surface area (Å²) in [6.07, 6.45) is 1.95. The lowest BCUT2D eigenvalue weighted by atomic mass is 10.1. The second-order valence-corrected chi connectivity index (χ2v) is 13.3. The van der Waals surface area contributed by atoms with Gasteiger partial charge in [0.2, 0.25) is 16.0 Å².